The van der Waals surface area contributed by atoms with E-state index in [9.17, 15) is 4.39 Å². The van der Waals surface area contributed by atoms with Gasteiger partial charge in [-0.3, -0.25) is 0 Å². The Balaban J connectivity index is 1.51. The number of benzene rings is 1. The van der Waals surface area contributed by atoms with Crippen LogP contribution in [0.4, 0.5) is 10.2 Å². The second-order valence-electron chi connectivity index (χ2n) is 10.5. The van der Waals surface area contributed by atoms with Crippen LogP contribution in [0.15, 0.2) is 48.8 Å². The summed E-state index contributed by atoms with van der Waals surface area (Å²) in [6.07, 6.45) is 7.06. The first-order valence-electron chi connectivity index (χ1n) is 12.6. The van der Waals surface area contributed by atoms with Gasteiger partial charge in [0.2, 0.25) is 0 Å². The summed E-state index contributed by atoms with van der Waals surface area (Å²) in [5.41, 5.74) is 9.86. The highest BCUT2D eigenvalue weighted by Crippen LogP contribution is 2.58. The highest BCUT2D eigenvalue weighted by atomic mass is 35.5. The van der Waals surface area contributed by atoms with Gasteiger partial charge in [-0.15, -0.1) is 11.6 Å². The summed E-state index contributed by atoms with van der Waals surface area (Å²) < 4.78 is 15.9. The van der Waals surface area contributed by atoms with Crippen molar-refractivity contribution in [1.82, 2.24) is 19.7 Å². The second kappa shape index (κ2) is 7.71. The van der Waals surface area contributed by atoms with E-state index < -0.39 is 16.1 Å². The minimum atomic E-state index is -0.660. The quantitative estimate of drug-likeness (QED) is 0.292. The summed E-state index contributed by atoms with van der Waals surface area (Å²) in [7, 11) is 0. The molecular weight excluding hydrogens is 508 g/mol. The number of aryl methyl sites for hydroxylation is 1. The third kappa shape index (κ3) is 3.03. The first-order valence-corrected chi connectivity index (χ1v) is 13.4. The zero-order valence-corrected chi connectivity index (χ0v) is 22.4. The predicted molar refractivity (Wildman–Crippen MR) is 145 cm³/mol. The van der Waals surface area contributed by atoms with E-state index in [2.05, 4.69) is 63.7 Å². The van der Waals surface area contributed by atoms with Crippen LogP contribution in [0.1, 0.15) is 60.1 Å². The van der Waals surface area contributed by atoms with Gasteiger partial charge in [-0.05, 0) is 49.1 Å². The molecule has 7 rings (SSSR count). The minimum Gasteiger partial charge on any atom is -0.363 e. The van der Waals surface area contributed by atoms with Gasteiger partial charge >= 0.3 is 0 Å². The molecule has 0 fully saturated rings. The molecule has 8 heteroatoms. The van der Waals surface area contributed by atoms with Crippen molar-refractivity contribution in [1.29, 1.82) is 0 Å². The Morgan fingerprint density at radius 2 is 2.05 bits per heavy atom. The smallest absolute Gasteiger partial charge is 0.147 e. The van der Waals surface area contributed by atoms with Crippen molar-refractivity contribution >= 4 is 34.6 Å². The van der Waals surface area contributed by atoms with Crippen LogP contribution >= 0.6 is 23.2 Å². The van der Waals surface area contributed by atoms with Gasteiger partial charge in [0.05, 0.1) is 33.7 Å². The minimum absolute atomic E-state index is 0.318. The number of hydrogen-bond acceptors (Lipinski definition) is 3. The van der Waals surface area contributed by atoms with Crippen LogP contribution in [0, 0.1) is 5.82 Å². The molecule has 0 spiro atoms. The number of halogens is 3. The highest BCUT2D eigenvalue weighted by molar-refractivity contribution is 6.33. The maximum Gasteiger partial charge on any atom is 0.147 e. The van der Waals surface area contributed by atoms with Gasteiger partial charge < -0.3 is 9.88 Å². The van der Waals surface area contributed by atoms with Crippen LogP contribution < -0.4 is 4.90 Å². The number of alkyl halides is 1. The predicted octanol–water partition coefficient (Wildman–Crippen LogP) is 6.68. The highest BCUT2D eigenvalue weighted by Gasteiger charge is 2.51. The van der Waals surface area contributed by atoms with E-state index in [1.807, 2.05) is 13.1 Å². The second-order valence-corrected chi connectivity index (χ2v) is 11.7. The Morgan fingerprint density at radius 1 is 1.22 bits per heavy atom. The van der Waals surface area contributed by atoms with Crippen LogP contribution in [-0.2, 0) is 29.7 Å². The zero-order valence-electron chi connectivity index (χ0n) is 20.9. The molecule has 1 aliphatic carbocycles. The average molecular weight is 534 g/mol. The number of aromatic nitrogens is 4. The van der Waals surface area contributed by atoms with Crippen LogP contribution in [0.25, 0.3) is 11.3 Å². The number of para-hydroxylation sites is 1. The molecule has 3 aliphatic rings. The largest absolute Gasteiger partial charge is 0.363 e. The van der Waals surface area contributed by atoms with E-state index in [1.165, 1.54) is 34.5 Å². The van der Waals surface area contributed by atoms with Crippen molar-refractivity contribution in [2.75, 3.05) is 11.4 Å². The molecule has 2 unspecified atom stereocenters. The van der Waals surface area contributed by atoms with Crippen molar-refractivity contribution < 1.29 is 4.39 Å². The van der Waals surface area contributed by atoms with Gasteiger partial charge in [0.1, 0.15) is 16.5 Å². The van der Waals surface area contributed by atoms with E-state index in [0.717, 1.165) is 41.2 Å². The first kappa shape index (κ1) is 23.1. The van der Waals surface area contributed by atoms with Gasteiger partial charge in [-0.2, -0.15) is 5.10 Å². The maximum atomic E-state index is 13.8. The van der Waals surface area contributed by atoms with Gasteiger partial charge in [-0.1, -0.05) is 42.8 Å². The van der Waals surface area contributed by atoms with Gasteiger partial charge in [-0.25, -0.2) is 14.1 Å². The summed E-state index contributed by atoms with van der Waals surface area (Å²) in [6.45, 7) is 7.81. The molecule has 188 valence electrons. The van der Waals surface area contributed by atoms with E-state index in [0.29, 0.717) is 23.9 Å². The lowest BCUT2D eigenvalue weighted by molar-refractivity contribution is 0.598. The monoisotopic (exact) mass is 533 g/mol. The summed E-state index contributed by atoms with van der Waals surface area (Å²) in [6, 6.07) is 10.00. The molecule has 5 nitrogen and oxygen atoms in total. The number of hydrogen-bond donors (Lipinski definition) is 1. The van der Waals surface area contributed by atoms with E-state index in [1.54, 1.807) is 0 Å². The van der Waals surface area contributed by atoms with Gasteiger partial charge in [0.25, 0.3) is 0 Å². The van der Waals surface area contributed by atoms with Crippen molar-refractivity contribution in [2.24, 2.45) is 0 Å². The SMILES string of the molecule is CCc1cccc2c1-n1nc3c(c1C1(C)C2=CC(C)(Cl)c2[nH]ccc21)CN(c1ncc(F)cc1Cl)CC3. The molecule has 0 amide bonds. The third-order valence-corrected chi connectivity index (χ3v) is 8.90. The Morgan fingerprint density at radius 3 is 2.84 bits per heavy atom. The summed E-state index contributed by atoms with van der Waals surface area (Å²) >= 11 is 13.6. The molecule has 4 aromatic rings. The summed E-state index contributed by atoms with van der Waals surface area (Å²) in [5.74, 6) is 0.158. The number of aromatic amines is 1. The molecule has 0 radical (unpaired) electrons. The molecule has 37 heavy (non-hydrogen) atoms. The van der Waals surface area contributed by atoms with E-state index >= 15 is 0 Å². The van der Waals surface area contributed by atoms with Crippen molar-refractivity contribution in [3.63, 3.8) is 0 Å². The number of H-pyrrole nitrogens is 1. The lowest BCUT2D eigenvalue weighted by Crippen LogP contribution is -2.40. The molecule has 1 aromatic carbocycles. The number of nitrogens with zero attached hydrogens (tertiary/aromatic N) is 4. The van der Waals surface area contributed by atoms with Crippen LogP contribution in [0.5, 0.6) is 0 Å². The number of fused-ring (bicyclic) bond motifs is 10. The van der Waals surface area contributed by atoms with Crippen molar-refractivity contribution in [3.8, 4) is 5.69 Å². The molecule has 5 heterocycles. The number of anilines is 1. The molecule has 2 aliphatic heterocycles. The molecule has 1 N–H and O–H groups in total. The molecular formula is C29H26Cl2FN5. The number of allylic oxidation sites excluding steroid dienone is 2. The van der Waals surface area contributed by atoms with Crippen LogP contribution in [0.2, 0.25) is 5.02 Å². The third-order valence-electron chi connectivity index (χ3n) is 8.33. The molecule has 3 aromatic heterocycles. The lowest BCUT2D eigenvalue weighted by atomic mass is 9.63. The fourth-order valence-electron chi connectivity index (χ4n) is 6.64. The van der Waals surface area contributed by atoms with Gasteiger partial charge in [0.15, 0.2) is 0 Å². The number of nitrogens with one attached hydrogen (secondary N) is 1. The number of pyridine rings is 1. The maximum absolute atomic E-state index is 13.8. The van der Waals surface area contributed by atoms with Gasteiger partial charge in [0, 0.05) is 42.5 Å². The Hall–Kier alpha value is -3.09. The summed E-state index contributed by atoms with van der Waals surface area (Å²) in [4.78, 5) is 9.23. The Labute approximate surface area is 224 Å². The lowest BCUT2D eigenvalue weighted by Gasteiger charge is -2.45. The molecule has 0 saturated heterocycles. The van der Waals surface area contributed by atoms with Crippen LogP contribution in [-0.4, -0.2) is 26.3 Å². The fourth-order valence-corrected chi connectivity index (χ4v) is 7.18. The topological polar surface area (TPSA) is 49.7 Å². The van der Waals surface area contributed by atoms with E-state index in [-0.39, 0.29) is 0 Å². The normalized spacial score (nSPS) is 23.5. The Bertz CT molecular complexity index is 1630. The first-order chi connectivity index (χ1) is 17.7. The molecule has 2 atom stereocenters. The number of rotatable bonds is 2. The average Bonchev–Trinajstić information content (AvgIpc) is 3.52. The van der Waals surface area contributed by atoms with E-state index in [4.69, 9.17) is 28.3 Å². The van der Waals surface area contributed by atoms with Crippen LogP contribution in [0.3, 0.4) is 0 Å². The summed E-state index contributed by atoms with van der Waals surface area (Å²) in [5, 5.41) is 5.56. The molecule has 0 saturated carbocycles. The zero-order chi connectivity index (χ0) is 25.7. The van der Waals surface area contributed by atoms with Crippen molar-refractivity contribution in [3.05, 3.63) is 99.0 Å². The fraction of sp³-hybridized carbons (Fsp3) is 0.310. The Kier molecular flexibility index (Phi) is 4.81. The van der Waals surface area contributed by atoms with Crippen molar-refractivity contribution in [2.45, 2.75) is 50.4 Å². The molecule has 0 bridgehead atoms. The standard InChI is InChI=1S/C29H26Cl2FN5/c1-4-16-6-5-7-18-21-13-28(2,31)25-20(8-10-33-25)29(21,3)26-19-15-36(27-22(30)12-17(32)14-34-27)11-9-23(19)35-37(26)24(16)18/h5-8,10,12-14,33H,4,9,11,15H2,1-3H3.